The zero-order valence-corrected chi connectivity index (χ0v) is 14.8. The van der Waals surface area contributed by atoms with E-state index in [-0.39, 0.29) is 17.4 Å². The zero-order chi connectivity index (χ0) is 17.5. The van der Waals surface area contributed by atoms with Crippen LogP contribution in [0.25, 0.3) is 10.8 Å². The van der Waals surface area contributed by atoms with Crippen LogP contribution in [-0.4, -0.2) is 22.2 Å². The van der Waals surface area contributed by atoms with Crippen LogP contribution >= 0.6 is 0 Å². The Morgan fingerprint density at radius 1 is 1.17 bits per heavy atom. The van der Waals surface area contributed by atoms with Gasteiger partial charge < -0.3 is 5.32 Å². The fourth-order valence-electron chi connectivity index (χ4n) is 2.71. The van der Waals surface area contributed by atoms with Crippen molar-refractivity contribution >= 4 is 16.7 Å². The fourth-order valence-corrected chi connectivity index (χ4v) is 2.71. The van der Waals surface area contributed by atoms with Gasteiger partial charge in [-0.1, -0.05) is 58.2 Å². The van der Waals surface area contributed by atoms with Crippen LogP contribution in [-0.2, 0) is 6.54 Å². The average molecular weight is 329 g/mol. The van der Waals surface area contributed by atoms with E-state index in [4.69, 9.17) is 0 Å². The first-order chi connectivity index (χ1) is 11.5. The molecule has 5 heteroatoms. The molecule has 0 saturated heterocycles. The molecule has 1 aromatic heterocycles. The second-order valence-corrected chi connectivity index (χ2v) is 6.59. The average Bonchev–Trinajstić information content (AvgIpc) is 2.56. The Labute approximate surface area is 143 Å². The number of amides is 1. The number of benzene rings is 1. The van der Waals surface area contributed by atoms with Crippen molar-refractivity contribution in [2.75, 3.05) is 6.54 Å². The Hall–Kier alpha value is -2.17. The third-order valence-corrected chi connectivity index (χ3v) is 3.94. The van der Waals surface area contributed by atoms with E-state index in [0.29, 0.717) is 29.6 Å². The molecule has 0 radical (unpaired) electrons. The summed E-state index contributed by atoms with van der Waals surface area (Å²) in [6.45, 7) is 7.35. The molecule has 0 spiro atoms. The summed E-state index contributed by atoms with van der Waals surface area (Å²) < 4.78 is 1.42. The molecule has 1 amide bonds. The fraction of sp³-hybridized carbons (Fsp3) is 0.526. The number of hydrogen-bond donors (Lipinski definition) is 1. The molecular formula is C19H27N3O2. The first-order valence-electron chi connectivity index (χ1n) is 8.82. The Morgan fingerprint density at radius 3 is 2.54 bits per heavy atom. The Bertz CT molecular complexity index is 750. The van der Waals surface area contributed by atoms with E-state index in [1.165, 1.54) is 17.5 Å². The number of unbranched alkanes of at least 4 members (excludes halogenated alkanes) is 3. The lowest BCUT2D eigenvalue weighted by Gasteiger charge is -2.12. The lowest BCUT2D eigenvalue weighted by molar-refractivity contribution is 0.0947. The summed E-state index contributed by atoms with van der Waals surface area (Å²) >= 11 is 0. The SMILES string of the molecule is CCCCCCNC(=O)c1nn(CC(C)C)c(=O)c2ccccc12. The van der Waals surface area contributed by atoms with Crippen molar-refractivity contribution < 1.29 is 4.79 Å². The monoisotopic (exact) mass is 329 g/mol. The summed E-state index contributed by atoms with van der Waals surface area (Å²) in [5.74, 6) is 0.0709. The molecule has 0 unspecified atom stereocenters. The first kappa shape index (κ1) is 18.2. The number of rotatable bonds is 8. The number of fused-ring (bicyclic) bond motifs is 1. The van der Waals surface area contributed by atoms with Gasteiger partial charge in [-0.25, -0.2) is 4.68 Å². The van der Waals surface area contributed by atoms with E-state index in [9.17, 15) is 9.59 Å². The number of hydrogen-bond acceptors (Lipinski definition) is 3. The molecule has 0 atom stereocenters. The summed E-state index contributed by atoms with van der Waals surface area (Å²) in [5.41, 5.74) is 0.195. The molecular weight excluding hydrogens is 302 g/mol. The van der Waals surface area contributed by atoms with Crippen molar-refractivity contribution in [3.05, 3.63) is 40.3 Å². The van der Waals surface area contributed by atoms with Gasteiger partial charge in [0.15, 0.2) is 5.69 Å². The van der Waals surface area contributed by atoms with Crippen molar-refractivity contribution in [1.29, 1.82) is 0 Å². The number of nitrogens with one attached hydrogen (secondary N) is 1. The summed E-state index contributed by atoms with van der Waals surface area (Å²) in [5, 5.41) is 8.45. The van der Waals surface area contributed by atoms with Gasteiger partial charge in [0, 0.05) is 18.5 Å². The highest BCUT2D eigenvalue weighted by Crippen LogP contribution is 2.13. The summed E-state index contributed by atoms with van der Waals surface area (Å²) in [7, 11) is 0. The summed E-state index contributed by atoms with van der Waals surface area (Å²) in [6.07, 6.45) is 4.41. The van der Waals surface area contributed by atoms with Gasteiger partial charge in [0.2, 0.25) is 0 Å². The van der Waals surface area contributed by atoms with Crippen LogP contribution in [0.5, 0.6) is 0 Å². The Kier molecular flexibility index (Phi) is 6.53. The molecule has 2 rings (SSSR count). The minimum Gasteiger partial charge on any atom is -0.351 e. The largest absolute Gasteiger partial charge is 0.351 e. The number of carbonyl (C=O) groups is 1. The van der Waals surface area contributed by atoms with E-state index in [0.717, 1.165) is 12.8 Å². The van der Waals surface area contributed by atoms with Crippen LogP contribution < -0.4 is 10.9 Å². The highest BCUT2D eigenvalue weighted by atomic mass is 16.2. The molecule has 130 valence electrons. The van der Waals surface area contributed by atoms with Gasteiger partial charge in [0.25, 0.3) is 11.5 Å². The van der Waals surface area contributed by atoms with Gasteiger partial charge in [-0.3, -0.25) is 9.59 Å². The van der Waals surface area contributed by atoms with Gasteiger partial charge in [0.1, 0.15) is 0 Å². The molecule has 24 heavy (non-hydrogen) atoms. The first-order valence-corrected chi connectivity index (χ1v) is 8.82. The predicted molar refractivity (Wildman–Crippen MR) is 97.3 cm³/mol. The van der Waals surface area contributed by atoms with Crippen molar-refractivity contribution in [3.8, 4) is 0 Å². The summed E-state index contributed by atoms with van der Waals surface area (Å²) in [4.78, 5) is 25.1. The van der Waals surface area contributed by atoms with E-state index < -0.39 is 0 Å². The van der Waals surface area contributed by atoms with Crippen LogP contribution in [0.1, 0.15) is 56.9 Å². The van der Waals surface area contributed by atoms with E-state index >= 15 is 0 Å². The highest BCUT2D eigenvalue weighted by molar-refractivity contribution is 6.04. The van der Waals surface area contributed by atoms with Gasteiger partial charge in [0.05, 0.1) is 5.39 Å². The second kappa shape index (κ2) is 8.62. The topological polar surface area (TPSA) is 64.0 Å². The van der Waals surface area contributed by atoms with Crippen molar-refractivity contribution in [2.45, 2.75) is 53.0 Å². The molecule has 0 aliphatic rings. The number of nitrogens with zero attached hydrogens (tertiary/aromatic N) is 2. The van der Waals surface area contributed by atoms with Crippen molar-refractivity contribution in [2.24, 2.45) is 5.92 Å². The third-order valence-electron chi connectivity index (χ3n) is 3.94. The molecule has 0 bridgehead atoms. The molecule has 0 aliphatic heterocycles. The maximum Gasteiger partial charge on any atom is 0.274 e. The number of carbonyl (C=O) groups excluding carboxylic acids is 1. The van der Waals surface area contributed by atoms with Crippen LogP contribution in [0.4, 0.5) is 0 Å². The van der Waals surface area contributed by atoms with Crippen LogP contribution in [0.3, 0.4) is 0 Å². The molecule has 2 aromatic rings. The lowest BCUT2D eigenvalue weighted by atomic mass is 10.1. The Morgan fingerprint density at radius 2 is 1.88 bits per heavy atom. The van der Waals surface area contributed by atoms with Crippen LogP contribution in [0, 0.1) is 5.92 Å². The second-order valence-electron chi connectivity index (χ2n) is 6.59. The quantitative estimate of drug-likeness (QED) is 0.755. The molecule has 5 nitrogen and oxygen atoms in total. The maximum absolute atomic E-state index is 12.6. The Balaban J connectivity index is 2.29. The van der Waals surface area contributed by atoms with Gasteiger partial charge in [-0.15, -0.1) is 0 Å². The van der Waals surface area contributed by atoms with Gasteiger partial charge in [-0.05, 0) is 18.4 Å². The molecule has 0 saturated carbocycles. The van der Waals surface area contributed by atoms with Crippen molar-refractivity contribution in [3.63, 3.8) is 0 Å². The molecule has 1 aromatic carbocycles. The van der Waals surface area contributed by atoms with E-state index in [1.54, 1.807) is 12.1 Å². The van der Waals surface area contributed by atoms with Crippen molar-refractivity contribution in [1.82, 2.24) is 15.1 Å². The highest BCUT2D eigenvalue weighted by Gasteiger charge is 2.16. The molecule has 0 aliphatic carbocycles. The lowest BCUT2D eigenvalue weighted by Crippen LogP contribution is -2.32. The minimum atomic E-state index is -0.208. The predicted octanol–water partition coefficient (Wildman–Crippen LogP) is 3.36. The van der Waals surface area contributed by atoms with Gasteiger partial charge in [-0.2, -0.15) is 5.10 Å². The molecule has 1 heterocycles. The molecule has 0 fully saturated rings. The van der Waals surface area contributed by atoms with Crippen LogP contribution in [0.2, 0.25) is 0 Å². The van der Waals surface area contributed by atoms with Crippen LogP contribution in [0.15, 0.2) is 29.1 Å². The number of aromatic nitrogens is 2. The normalized spacial score (nSPS) is 11.2. The smallest absolute Gasteiger partial charge is 0.274 e. The maximum atomic E-state index is 12.6. The molecule has 1 N–H and O–H groups in total. The van der Waals surface area contributed by atoms with E-state index in [2.05, 4.69) is 17.3 Å². The van der Waals surface area contributed by atoms with E-state index in [1.807, 2.05) is 26.0 Å². The van der Waals surface area contributed by atoms with Gasteiger partial charge >= 0.3 is 0 Å². The standard InChI is InChI=1S/C19H27N3O2/c1-4-5-6-9-12-20-18(23)17-15-10-7-8-11-16(15)19(24)22(21-17)13-14(2)3/h7-8,10-11,14H,4-6,9,12-13H2,1-3H3,(H,20,23). The third kappa shape index (κ3) is 4.43. The summed E-state index contributed by atoms with van der Waals surface area (Å²) in [6, 6.07) is 7.19. The minimum absolute atomic E-state index is 0.140. The zero-order valence-electron chi connectivity index (χ0n) is 14.8.